The summed E-state index contributed by atoms with van der Waals surface area (Å²) in [5, 5.41) is 0. The molecule has 2 aromatic heterocycles. The van der Waals surface area contributed by atoms with E-state index < -0.39 is 0 Å². The molecule has 96 valence electrons. The smallest absolute Gasteiger partial charge is 0.202 e. The van der Waals surface area contributed by atoms with Crippen molar-refractivity contribution < 1.29 is 0 Å². The van der Waals surface area contributed by atoms with Gasteiger partial charge in [0.1, 0.15) is 5.52 Å². The number of nitrogens with zero attached hydrogens (tertiary/aromatic N) is 3. The third kappa shape index (κ3) is 1.15. The number of anilines is 1. The van der Waals surface area contributed by atoms with Gasteiger partial charge >= 0.3 is 0 Å². The first-order valence-corrected chi connectivity index (χ1v) is 6.37. The fourth-order valence-electron chi connectivity index (χ4n) is 3.19. The summed E-state index contributed by atoms with van der Waals surface area (Å²) in [6.45, 7) is 11.2. The lowest BCUT2D eigenvalue weighted by Gasteiger charge is -2.07. The number of aromatic nitrogens is 3. The summed E-state index contributed by atoms with van der Waals surface area (Å²) >= 11 is 0. The van der Waals surface area contributed by atoms with Gasteiger partial charge in [-0.3, -0.25) is 4.57 Å². The monoisotopic (exact) mass is 244 g/mol. The number of pyridine rings is 1. The summed E-state index contributed by atoms with van der Waals surface area (Å²) in [6, 6.07) is 2.34. The predicted molar refractivity (Wildman–Crippen MR) is 73.3 cm³/mol. The number of fused-ring (bicyclic) bond motifs is 1. The molecular formula is C14H20N4. The molecule has 0 unspecified atom stereocenters. The van der Waals surface area contributed by atoms with Crippen LogP contribution in [-0.4, -0.2) is 14.5 Å². The minimum Gasteiger partial charge on any atom is -0.369 e. The molecule has 0 spiro atoms. The van der Waals surface area contributed by atoms with Crippen LogP contribution in [0.5, 0.6) is 0 Å². The average molecular weight is 244 g/mol. The Balaban J connectivity index is 2.26. The van der Waals surface area contributed by atoms with Gasteiger partial charge in [-0.1, -0.05) is 27.7 Å². The van der Waals surface area contributed by atoms with Gasteiger partial charge < -0.3 is 5.73 Å². The van der Waals surface area contributed by atoms with E-state index in [1.807, 2.05) is 19.2 Å². The number of nitrogen functional groups attached to an aromatic ring is 1. The molecule has 18 heavy (non-hydrogen) atoms. The summed E-state index contributed by atoms with van der Waals surface area (Å²) in [6.07, 6.45) is 1.83. The van der Waals surface area contributed by atoms with Crippen molar-refractivity contribution in [2.24, 2.45) is 10.8 Å². The van der Waals surface area contributed by atoms with Gasteiger partial charge in [0.25, 0.3) is 0 Å². The molecule has 4 nitrogen and oxygen atoms in total. The molecule has 1 saturated carbocycles. The fourth-order valence-corrected chi connectivity index (χ4v) is 3.19. The maximum Gasteiger partial charge on any atom is 0.202 e. The second-order valence-electron chi connectivity index (χ2n) is 6.49. The molecular weight excluding hydrogens is 224 g/mol. The molecule has 3 rings (SSSR count). The first kappa shape index (κ1) is 11.5. The maximum absolute atomic E-state index is 6.12. The predicted octanol–water partition coefficient (Wildman–Crippen LogP) is 2.93. The molecule has 0 aliphatic heterocycles. The first-order valence-electron chi connectivity index (χ1n) is 6.37. The molecule has 0 radical (unpaired) electrons. The second-order valence-corrected chi connectivity index (χ2v) is 6.49. The highest BCUT2D eigenvalue weighted by Gasteiger charge is 2.66. The zero-order valence-corrected chi connectivity index (χ0v) is 11.7. The van der Waals surface area contributed by atoms with E-state index in [4.69, 9.17) is 5.73 Å². The van der Waals surface area contributed by atoms with Crippen LogP contribution in [0, 0.1) is 17.8 Å². The quantitative estimate of drug-likeness (QED) is 0.839. The zero-order valence-electron chi connectivity index (χ0n) is 11.7. The van der Waals surface area contributed by atoms with Gasteiger partial charge in [0.05, 0.1) is 0 Å². The van der Waals surface area contributed by atoms with E-state index >= 15 is 0 Å². The van der Waals surface area contributed by atoms with Crippen LogP contribution >= 0.6 is 0 Å². The van der Waals surface area contributed by atoms with Crippen molar-refractivity contribution in [2.75, 3.05) is 5.73 Å². The molecule has 1 aliphatic carbocycles. The van der Waals surface area contributed by atoms with Crippen LogP contribution in [0.4, 0.5) is 5.95 Å². The molecule has 0 bridgehead atoms. The van der Waals surface area contributed by atoms with Crippen molar-refractivity contribution >= 4 is 17.1 Å². The van der Waals surface area contributed by atoms with E-state index in [9.17, 15) is 0 Å². The Kier molecular flexibility index (Phi) is 1.95. The highest BCUT2D eigenvalue weighted by Crippen LogP contribution is 2.72. The minimum absolute atomic E-state index is 0.222. The van der Waals surface area contributed by atoms with Gasteiger partial charge in [0, 0.05) is 12.2 Å². The van der Waals surface area contributed by atoms with Gasteiger partial charge in [0.2, 0.25) is 5.95 Å². The van der Waals surface area contributed by atoms with Crippen LogP contribution in [0.15, 0.2) is 12.3 Å². The van der Waals surface area contributed by atoms with Crippen molar-refractivity contribution in [2.45, 2.75) is 40.7 Å². The van der Waals surface area contributed by atoms with Crippen LogP contribution < -0.4 is 5.73 Å². The van der Waals surface area contributed by atoms with Crippen LogP contribution in [0.2, 0.25) is 0 Å². The van der Waals surface area contributed by atoms with Gasteiger partial charge in [-0.2, -0.15) is 0 Å². The van der Waals surface area contributed by atoms with Crippen molar-refractivity contribution in [3.63, 3.8) is 0 Å². The third-order valence-corrected chi connectivity index (χ3v) is 5.01. The van der Waals surface area contributed by atoms with Crippen molar-refractivity contribution in [1.29, 1.82) is 0 Å². The Morgan fingerprint density at radius 1 is 1.22 bits per heavy atom. The van der Waals surface area contributed by atoms with E-state index in [0.717, 1.165) is 16.7 Å². The number of rotatable bonds is 1. The molecule has 1 aliphatic rings. The first-order chi connectivity index (χ1) is 8.28. The van der Waals surface area contributed by atoms with Crippen LogP contribution in [0.25, 0.3) is 11.2 Å². The number of nitrogens with two attached hydrogens (primary N) is 1. The zero-order chi connectivity index (χ0) is 13.3. The number of hydrogen-bond acceptors (Lipinski definition) is 3. The molecule has 2 aromatic rings. The molecule has 2 heterocycles. The molecule has 2 N–H and O–H groups in total. The second kappa shape index (κ2) is 3.05. The normalized spacial score (nSPS) is 21.4. The highest BCUT2D eigenvalue weighted by atomic mass is 15.3. The fraction of sp³-hybridized carbons (Fsp3) is 0.571. The summed E-state index contributed by atoms with van der Waals surface area (Å²) in [5.74, 6) is 0.579. The Hall–Kier alpha value is -1.58. The van der Waals surface area contributed by atoms with E-state index in [1.165, 1.54) is 0 Å². The lowest BCUT2D eigenvalue weighted by atomic mass is 10.0. The Morgan fingerprint density at radius 3 is 2.39 bits per heavy atom. The number of imidazole rings is 1. The van der Waals surface area contributed by atoms with Crippen LogP contribution in [-0.2, 0) is 0 Å². The van der Waals surface area contributed by atoms with Crippen molar-refractivity contribution in [1.82, 2.24) is 14.5 Å². The van der Waals surface area contributed by atoms with E-state index in [-0.39, 0.29) is 10.8 Å². The van der Waals surface area contributed by atoms with E-state index in [0.29, 0.717) is 12.0 Å². The summed E-state index contributed by atoms with van der Waals surface area (Å²) in [5.41, 5.74) is 9.53. The molecule has 4 heteroatoms. The SMILES string of the molecule is Cc1ccnc2c1nc(N)n2C1C(C)(C)C1(C)C. The number of aryl methyl sites for hydroxylation is 1. The van der Waals surface area contributed by atoms with Crippen LogP contribution in [0.3, 0.4) is 0 Å². The minimum atomic E-state index is 0.222. The lowest BCUT2D eigenvalue weighted by molar-refractivity contribution is 0.457. The lowest BCUT2D eigenvalue weighted by Crippen LogP contribution is -2.06. The Labute approximate surface area is 107 Å². The van der Waals surface area contributed by atoms with E-state index in [2.05, 4.69) is 42.2 Å². The standard InChI is InChI=1S/C14H20N4/c1-8-6-7-16-10-9(8)17-12(15)18(10)11-13(2,3)14(11,4)5/h6-7,11H,1-5H3,(H2,15,17). The highest BCUT2D eigenvalue weighted by molar-refractivity contribution is 5.78. The summed E-state index contributed by atoms with van der Waals surface area (Å²) in [4.78, 5) is 8.96. The van der Waals surface area contributed by atoms with Crippen molar-refractivity contribution in [3.05, 3.63) is 17.8 Å². The topological polar surface area (TPSA) is 56.7 Å². The molecule has 0 atom stereocenters. The summed E-state index contributed by atoms with van der Waals surface area (Å²) < 4.78 is 2.11. The van der Waals surface area contributed by atoms with Gasteiger partial charge in [-0.15, -0.1) is 0 Å². The van der Waals surface area contributed by atoms with E-state index in [1.54, 1.807) is 0 Å². The van der Waals surface area contributed by atoms with Gasteiger partial charge in [-0.25, -0.2) is 9.97 Å². The number of hydrogen-bond donors (Lipinski definition) is 1. The molecule has 0 amide bonds. The Bertz CT molecular complexity index is 623. The third-order valence-electron chi connectivity index (χ3n) is 5.01. The molecule has 0 saturated heterocycles. The van der Waals surface area contributed by atoms with Gasteiger partial charge in [-0.05, 0) is 29.4 Å². The maximum atomic E-state index is 6.12. The Morgan fingerprint density at radius 2 is 1.83 bits per heavy atom. The van der Waals surface area contributed by atoms with Crippen LogP contribution in [0.1, 0.15) is 39.3 Å². The summed E-state index contributed by atoms with van der Waals surface area (Å²) in [7, 11) is 0. The molecule has 1 fully saturated rings. The largest absolute Gasteiger partial charge is 0.369 e. The van der Waals surface area contributed by atoms with Gasteiger partial charge in [0.15, 0.2) is 5.65 Å². The average Bonchev–Trinajstić information content (AvgIpc) is 2.55. The molecule has 0 aromatic carbocycles. The van der Waals surface area contributed by atoms with Crippen molar-refractivity contribution in [3.8, 4) is 0 Å².